The lowest BCUT2D eigenvalue weighted by atomic mass is 9.92. The molecule has 0 N–H and O–H groups in total. The average molecular weight is 573 g/mol. The normalized spacial score (nSPS) is 11.6. The van der Waals surface area contributed by atoms with E-state index in [-0.39, 0.29) is 0 Å². The molecule has 0 amide bonds. The largest absolute Gasteiger partial charge is 0.309 e. The summed E-state index contributed by atoms with van der Waals surface area (Å²) in [5.74, 6) is 0. The highest BCUT2D eigenvalue weighted by Gasteiger charge is 2.15. The van der Waals surface area contributed by atoms with Crippen LogP contribution in [-0.2, 0) is 0 Å². The minimum Gasteiger partial charge on any atom is -0.309 e. The summed E-state index contributed by atoms with van der Waals surface area (Å²) in [6, 6.07) is 60.9. The number of rotatable bonds is 4. The van der Waals surface area contributed by atoms with Gasteiger partial charge >= 0.3 is 0 Å². The zero-order valence-corrected chi connectivity index (χ0v) is 24.6. The lowest BCUT2D eigenvalue weighted by molar-refractivity contribution is 1.18. The number of nitrogens with zero attached hydrogens (tertiary/aromatic N) is 2. The monoisotopic (exact) mass is 572 g/mol. The molecule has 2 nitrogen and oxygen atoms in total. The van der Waals surface area contributed by atoms with Crippen LogP contribution in [0.2, 0.25) is 0 Å². The summed E-state index contributed by atoms with van der Waals surface area (Å²) in [6.07, 6.45) is 0. The van der Waals surface area contributed by atoms with E-state index in [1.807, 2.05) is 0 Å². The lowest BCUT2D eigenvalue weighted by Crippen LogP contribution is -1.93. The molecule has 210 valence electrons. The number of aromatic nitrogens is 2. The molecule has 0 saturated carbocycles. The first-order valence-electron chi connectivity index (χ1n) is 15.4. The average Bonchev–Trinajstić information content (AvgIpc) is 3.46. The molecule has 0 aliphatic heterocycles. The Labute approximate surface area is 261 Å². The molecule has 0 aliphatic rings. The molecule has 0 fully saturated rings. The van der Waals surface area contributed by atoms with Gasteiger partial charge in [0, 0.05) is 27.4 Å². The summed E-state index contributed by atoms with van der Waals surface area (Å²) in [7, 11) is 0. The SMILES string of the molecule is c1ccc(-c2cc(-c3cccc(-c4ccc(-n5c6ccccc6c6ccccc65)cc4)c3)c3c(ccc4ccccc43)n2)cc1. The van der Waals surface area contributed by atoms with E-state index in [4.69, 9.17) is 4.98 Å². The van der Waals surface area contributed by atoms with Crippen LogP contribution in [0.1, 0.15) is 0 Å². The molecule has 2 heteroatoms. The van der Waals surface area contributed by atoms with Crippen LogP contribution in [0.15, 0.2) is 170 Å². The van der Waals surface area contributed by atoms with E-state index in [0.717, 1.165) is 22.5 Å². The summed E-state index contributed by atoms with van der Waals surface area (Å²) in [4.78, 5) is 5.14. The Morgan fingerprint density at radius 1 is 0.400 bits per heavy atom. The summed E-state index contributed by atoms with van der Waals surface area (Å²) >= 11 is 0. The van der Waals surface area contributed by atoms with Crippen LogP contribution in [0.3, 0.4) is 0 Å². The zero-order chi connectivity index (χ0) is 29.7. The quantitative estimate of drug-likeness (QED) is 0.192. The van der Waals surface area contributed by atoms with Crippen molar-refractivity contribution in [1.29, 1.82) is 0 Å². The number of benzene rings is 7. The van der Waals surface area contributed by atoms with E-state index in [1.54, 1.807) is 0 Å². The van der Waals surface area contributed by atoms with Crippen molar-refractivity contribution in [3.8, 4) is 39.2 Å². The number of hydrogen-bond acceptors (Lipinski definition) is 1. The smallest absolute Gasteiger partial charge is 0.0722 e. The molecule has 0 spiro atoms. The van der Waals surface area contributed by atoms with Crippen molar-refractivity contribution in [3.63, 3.8) is 0 Å². The Hall–Kier alpha value is -5.99. The van der Waals surface area contributed by atoms with Crippen molar-refractivity contribution in [2.75, 3.05) is 0 Å². The van der Waals surface area contributed by atoms with Crippen LogP contribution >= 0.6 is 0 Å². The van der Waals surface area contributed by atoms with Gasteiger partial charge in [-0.25, -0.2) is 4.98 Å². The summed E-state index contributed by atoms with van der Waals surface area (Å²) in [5.41, 5.74) is 11.5. The highest BCUT2D eigenvalue weighted by molar-refractivity contribution is 6.14. The minimum absolute atomic E-state index is 0.981. The fourth-order valence-electron chi connectivity index (χ4n) is 6.86. The maximum atomic E-state index is 5.14. The van der Waals surface area contributed by atoms with Crippen LogP contribution in [-0.4, -0.2) is 9.55 Å². The second-order valence-electron chi connectivity index (χ2n) is 11.6. The van der Waals surface area contributed by atoms with Gasteiger partial charge in [-0.15, -0.1) is 0 Å². The van der Waals surface area contributed by atoms with Crippen molar-refractivity contribution >= 4 is 43.5 Å². The summed E-state index contributed by atoms with van der Waals surface area (Å²) < 4.78 is 2.37. The van der Waals surface area contributed by atoms with E-state index in [0.29, 0.717) is 0 Å². The predicted octanol–water partition coefficient (Wildman–Crippen LogP) is 11.5. The highest BCUT2D eigenvalue weighted by atomic mass is 15.0. The molecule has 0 bridgehead atoms. The second-order valence-corrected chi connectivity index (χ2v) is 11.6. The topological polar surface area (TPSA) is 17.8 Å². The number of hydrogen-bond donors (Lipinski definition) is 0. The van der Waals surface area contributed by atoms with Gasteiger partial charge in [-0.3, -0.25) is 0 Å². The molecule has 0 saturated heterocycles. The van der Waals surface area contributed by atoms with Gasteiger partial charge in [0.15, 0.2) is 0 Å². The first-order valence-corrected chi connectivity index (χ1v) is 15.4. The maximum absolute atomic E-state index is 5.14. The molecule has 0 unspecified atom stereocenters. The standard InChI is InChI=1S/C43H28N2/c1-2-12-31(13-3-1)40-28-38(43-35-16-5-4-11-30(35)23-26-39(43)44-40)33-15-10-14-32(27-33)29-21-24-34(25-22-29)45-41-19-8-6-17-36(41)37-18-7-9-20-42(37)45/h1-28H. The van der Waals surface area contributed by atoms with Crippen molar-refractivity contribution in [2.45, 2.75) is 0 Å². The Morgan fingerprint density at radius 2 is 1.02 bits per heavy atom. The van der Waals surface area contributed by atoms with Gasteiger partial charge in [-0.05, 0) is 75.5 Å². The molecule has 0 aliphatic carbocycles. The third-order valence-electron chi connectivity index (χ3n) is 8.98. The molecule has 2 heterocycles. The van der Waals surface area contributed by atoms with Crippen LogP contribution in [0, 0.1) is 0 Å². The number of fused-ring (bicyclic) bond motifs is 6. The van der Waals surface area contributed by atoms with Crippen LogP contribution in [0.25, 0.3) is 82.7 Å². The lowest BCUT2D eigenvalue weighted by Gasteiger charge is -2.14. The molecular weight excluding hydrogens is 544 g/mol. The molecule has 9 aromatic rings. The van der Waals surface area contributed by atoms with E-state index in [2.05, 4.69) is 174 Å². The van der Waals surface area contributed by atoms with Gasteiger partial charge in [0.2, 0.25) is 0 Å². The van der Waals surface area contributed by atoms with Gasteiger partial charge in [0.25, 0.3) is 0 Å². The molecular formula is C43H28N2. The maximum Gasteiger partial charge on any atom is 0.0722 e. The van der Waals surface area contributed by atoms with E-state index >= 15 is 0 Å². The van der Waals surface area contributed by atoms with E-state index in [9.17, 15) is 0 Å². The van der Waals surface area contributed by atoms with Gasteiger partial charge < -0.3 is 4.57 Å². The molecule has 9 rings (SSSR count). The Morgan fingerprint density at radius 3 is 1.78 bits per heavy atom. The number of pyridine rings is 1. The van der Waals surface area contributed by atoms with Crippen LogP contribution in [0.4, 0.5) is 0 Å². The first-order chi connectivity index (χ1) is 22.3. The number of para-hydroxylation sites is 2. The van der Waals surface area contributed by atoms with Crippen molar-refractivity contribution < 1.29 is 0 Å². The fourth-order valence-corrected chi connectivity index (χ4v) is 6.86. The summed E-state index contributed by atoms with van der Waals surface area (Å²) in [5, 5.41) is 6.18. The molecule has 2 aromatic heterocycles. The van der Waals surface area contributed by atoms with Crippen molar-refractivity contribution in [1.82, 2.24) is 9.55 Å². The molecule has 45 heavy (non-hydrogen) atoms. The fraction of sp³-hybridized carbons (Fsp3) is 0. The van der Waals surface area contributed by atoms with Crippen LogP contribution < -0.4 is 0 Å². The highest BCUT2D eigenvalue weighted by Crippen LogP contribution is 2.38. The van der Waals surface area contributed by atoms with Crippen molar-refractivity contribution in [2.24, 2.45) is 0 Å². The van der Waals surface area contributed by atoms with E-state index in [1.165, 1.54) is 60.2 Å². The van der Waals surface area contributed by atoms with Crippen molar-refractivity contribution in [3.05, 3.63) is 170 Å². The predicted molar refractivity (Wildman–Crippen MR) is 190 cm³/mol. The summed E-state index contributed by atoms with van der Waals surface area (Å²) in [6.45, 7) is 0. The Bertz CT molecular complexity index is 2470. The van der Waals surface area contributed by atoms with Gasteiger partial charge in [0.1, 0.15) is 0 Å². The van der Waals surface area contributed by atoms with Gasteiger partial charge in [-0.1, -0.05) is 127 Å². The second kappa shape index (κ2) is 10.3. The Balaban J connectivity index is 1.19. The third kappa shape index (κ3) is 4.22. The van der Waals surface area contributed by atoms with Gasteiger partial charge in [-0.2, -0.15) is 0 Å². The molecule has 0 atom stereocenters. The Kier molecular flexibility index (Phi) is 5.85. The van der Waals surface area contributed by atoms with E-state index < -0.39 is 0 Å². The molecule has 7 aromatic carbocycles. The zero-order valence-electron chi connectivity index (χ0n) is 24.6. The third-order valence-corrected chi connectivity index (χ3v) is 8.98. The van der Waals surface area contributed by atoms with Crippen LogP contribution in [0.5, 0.6) is 0 Å². The minimum atomic E-state index is 0.981. The van der Waals surface area contributed by atoms with Gasteiger partial charge in [0.05, 0.1) is 22.2 Å². The molecule has 0 radical (unpaired) electrons. The first kappa shape index (κ1) is 25.5.